The summed E-state index contributed by atoms with van der Waals surface area (Å²) in [5.74, 6) is 0.865. The quantitative estimate of drug-likeness (QED) is 0.551. The molecule has 1 heteroatoms. The fourth-order valence-electron chi connectivity index (χ4n) is 2.63. The van der Waals surface area contributed by atoms with Crippen molar-refractivity contribution < 1.29 is 4.79 Å². The van der Waals surface area contributed by atoms with Crippen LogP contribution >= 0.6 is 0 Å². The summed E-state index contributed by atoms with van der Waals surface area (Å²) in [4.78, 5) is 10.6. The van der Waals surface area contributed by atoms with Gasteiger partial charge in [0.2, 0.25) is 0 Å². The summed E-state index contributed by atoms with van der Waals surface area (Å²) in [5, 5.41) is 0. The molecule has 0 aromatic heterocycles. The zero-order valence-corrected chi connectivity index (χ0v) is 9.82. The van der Waals surface area contributed by atoms with E-state index in [0.29, 0.717) is 0 Å². The van der Waals surface area contributed by atoms with Gasteiger partial charge in [0.05, 0.1) is 0 Å². The molecule has 0 N–H and O–H groups in total. The van der Waals surface area contributed by atoms with E-state index in [-0.39, 0.29) is 0 Å². The van der Waals surface area contributed by atoms with E-state index in [2.05, 4.69) is 12.1 Å². The Balaban J connectivity index is 1.93. The summed E-state index contributed by atoms with van der Waals surface area (Å²) in [6.07, 6.45) is 10.5. The van der Waals surface area contributed by atoms with Gasteiger partial charge in [-0.3, -0.25) is 4.79 Å². The van der Waals surface area contributed by atoms with E-state index >= 15 is 0 Å². The van der Waals surface area contributed by atoms with E-state index in [1.807, 2.05) is 12.1 Å². The monoisotopic (exact) mass is 216 g/mol. The normalized spacial score (nSPS) is 18.0. The fraction of sp³-hybridized carbons (Fsp3) is 0.533. The zero-order valence-electron chi connectivity index (χ0n) is 9.82. The first-order chi connectivity index (χ1) is 7.88. The van der Waals surface area contributed by atoms with Crippen LogP contribution in [0.15, 0.2) is 24.3 Å². The van der Waals surface area contributed by atoms with Crippen molar-refractivity contribution in [1.29, 1.82) is 0 Å². The fourth-order valence-corrected chi connectivity index (χ4v) is 2.63. The van der Waals surface area contributed by atoms with Gasteiger partial charge in [-0.1, -0.05) is 62.8 Å². The van der Waals surface area contributed by atoms with Gasteiger partial charge in [0, 0.05) is 5.56 Å². The third-order valence-corrected chi connectivity index (χ3v) is 3.61. The van der Waals surface area contributed by atoms with Crippen LogP contribution in [0.25, 0.3) is 0 Å². The maximum atomic E-state index is 10.6. The number of benzene rings is 1. The highest BCUT2D eigenvalue weighted by molar-refractivity contribution is 5.74. The van der Waals surface area contributed by atoms with Crippen molar-refractivity contribution in [3.05, 3.63) is 35.4 Å². The number of hydrogen-bond acceptors (Lipinski definition) is 1. The maximum absolute atomic E-state index is 10.6. The number of carbonyl (C=O) groups is 1. The third kappa shape index (κ3) is 3.19. The van der Waals surface area contributed by atoms with Gasteiger partial charge >= 0.3 is 0 Å². The molecule has 1 aliphatic rings. The lowest BCUT2D eigenvalue weighted by molar-refractivity contribution is 0.112. The minimum absolute atomic E-state index is 0.782. The molecule has 1 nitrogen and oxygen atoms in total. The summed E-state index contributed by atoms with van der Waals surface area (Å²) >= 11 is 0. The predicted octanol–water partition coefficient (Wildman–Crippen LogP) is 4.01. The molecule has 0 aliphatic heterocycles. The first-order valence-corrected chi connectivity index (χ1v) is 6.42. The van der Waals surface area contributed by atoms with Gasteiger partial charge in [0.15, 0.2) is 0 Å². The van der Waals surface area contributed by atoms with Crippen LogP contribution < -0.4 is 0 Å². The smallest absolute Gasteiger partial charge is 0.150 e. The molecule has 0 saturated heterocycles. The number of carbonyl (C=O) groups excluding carboxylic acids is 1. The van der Waals surface area contributed by atoms with Crippen LogP contribution in [0.4, 0.5) is 0 Å². The van der Waals surface area contributed by atoms with Crippen molar-refractivity contribution in [2.75, 3.05) is 0 Å². The van der Waals surface area contributed by atoms with E-state index in [1.165, 1.54) is 50.5 Å². The number of aldehydes is 1. The molecule has 0 radical (unpaired) electrons. The number of rotatable bonds is 3. The molecule has 0 unspecified atom stereocenters. The Morgan fingerprint density at radius 1 is 1.00 bits per heavy atom. The lowest BCUT2D eigenvalue weighted by atomic mass is 9.92. The molecule has 0 spiro atoms. The molecule has 16 heavy (non-hydrogen) atoms. The van der Waals surface area contributed by atoms with Crippen LogP contribution in [0.5, 0.6) is 0 Å². The van der Waals surface area contributed by atoms with Crippen molar-refractivity contribution in [3.63, 3.8) is 0 Å². The minimum Gasteiger partial charge on any atom is -0.298 e. The average Bonchev–Trinajstić information content (AvgIpc) is 2.59. The summed E-state index contributed by atoms with van der Waals surface area (Å²) < 4.78 is 0. The van der Waals surface area contributed by atoms with Crippen molar-refractivity contribution >= 4 is 6.29 Å². The lowest BCUT2D eigenvalue weighted by Gasteiger charge is -2.13. The highest BCUT2D eigenvalue weighted by Crippen LogP contribution is 2.25. The summed E-state index contributed by atoms with van der Waals surface area (Å²) in [5.41, 5.74) is 2.17. The largest absolute Gasteiger partial charge is 0.298 e. The van der Waals surface area contributed by atoms with Crippen molar-refractivity contribution in [2.24, 2.45) is 5.92 Å². The molecule has 86 valence electrons. The van der Waals surface area contributed by atoms with Crippen LogP contribution in [0.2, 0.25) is 0 Å². The zero-order chi connectivity index (χ0) is 11.2. The Morgan fingerprint density at radius 2 is 1.62 bits per heavy atom. The number of hydrogen-bond donors (Lipinski definition) is 0. The molecule has 1 saturated carbocycles. The van der Waals surface area contributed by atoms with E-state index in [4.69, 9.17) is 0 Å². The van der Waals surface area contributed by atoms with Crippen LogP contribution in [0, 0.1) is 5.92 Å². The van der Waals surface area contributed by atoms with E-state index in [9.17, 15) is 4.79 Å². The standard InChI is InChI=1S/C15H20O/c16-12-15-9-7-14(8-10-15)11-13-5-3-1-2-4-6-13/h7-10,12-13H,1-6,11H2. The Hall–Kier alpha value is -1.11. The van der Waals surface area contributed by atoms with Crippen molar-refractivity contribution in [3.8, 4) is 0 Å². The third-order valence-electron chi connectivity index (χ3n) is 3.61. The first-order valence-electron chi connectivity index (χ1n) is 6.42. The molecule has 2 rings (SSSR count). The molecule has 0 atom stereocenters. The van der Waals surface area contributed by atoms with Crippen LogP contribution in [0.1, 0.15) is 54.4 Å². The Labute approximate surface area is 97.9 Å². The molecule has 1 aromatic rings. The Bertz CT molecular complexity index is 318. The molecular formula is C15H20O. The van der Waals surface area contributed by atoms with E-state index in [0.717, 1.165) is 17.8 Å². The van der Waals surface area contributed by atoms with Gasteiger partial charge in [0.1, 0.15) is 6.29 Å². The molecule has 0 bridgehead atoms. The summed E-state index contributed by atoms with van der Waals surface area (Å²) in [7, 11) is 0. The summed E-state index contributed by atoms with van der Waals surface area (Å²) in [6.45, 7) is 0. The lowest BCUT2D eigenvalue weighted by Crippen LogP contribution is -2.03. The Kier molecular flexibility index (Phi) is 4.15. The maximum Gasteiger partial charge on any atom is 0.150 e. The van der Waals surface area contributed by atoms with Gasteiger partial charge in [0.25, 0.3) is 0 Å². The molecule has 1 aromatic carbocycles. The average molecular weight is 216 g/mol. The molecule has 0 heterocycles. The minimum atomic E-state index is 0.782. The van der Waals surface area contributed by atoms with Crippen LogP contribution in [-0.2, 0) is 6.42 Å². The van der Waals surface area contributed by atoms with Crippen molar-refractivity contribution in [1.82, 2.24) is 0 Å². The van der Waals surface area contributed by atoms with E-state index < -0.39 is 0 Å². The molecule has 1 aliphatic carbocycles. The van der Waals surface area contributed by atoms with E-state index in [1.54, 1.807) is 0 Å². The molecular weight excluding hydrogens is 196 g/mol. The van der Waals surface area contributed by atoms with Crippen molar-refractivity contribution in [2.45, 2.75) is 44.9 Å². The van der Waals surface area contributed by atoms with Gasteiger partial charge in [-0.25, -0.2) is 0 Å². The highest BCUT2D eigenvalue weighted by atomic mass is 16.1. The predicted molar refractivity (Wildman–Crippen MR) is 66.7 cm³/mol. The topological polar surface area (TPSA) is 17.1 Å². The first kappa shape index (κ1) is 11.4. The van der Waals surface area contributed by atoms with Gasteiger partial charge in [-0.15, -0.1) is 0 Å². The van der Waals surface area contributed by atoms with Gasteiger partial charge in [-0.2, -0.15) is 0 Å². The van der Waals surface area contributed by atoms with Gasteiger partial charge < -0.3 is 0 Å². The molecule has 0 amide bonds. The SMILES string of the molecule is O=Cc1ccc(CC2CCCCCC2)cc1. The highest BCUT2D eigenvalue weighted by Gasteiger charge is 2.12. The second-order valence-corrected chi connectivity index (χ2v) is 4.92. The van der Waals surface area contributed by atoms with Crippen LogP contribution in [-0.4, -0.2) is 6.29 Å². The Morgan fingerprint density at radius 3 is 2.19 bits per heavy atom. The van der Waals surface area contributed by atoms with Gasteiger partial charge in [-0.05, 0) is 17.9 Å². The summed E-state index contributed by atoms with van der Waals surface area (Å²) in [6, 6.07) is 8.07. The van der Waals surface area contributed by atoms with Crippen LogP contribution in [0.3, 0.4) is 0 Å². The second-order valence-electron chi connectivity index (χ2n) is 4.92. The molecule has 1 fully saturated rings. The second kappa shape index (κ2) is 5.83.